The molecule has 56 heavy (non-hydrogen) atoms. The van der Waals surface area contributed by atoms with Crippen LogP contribution in [0.5, 0.6) is 11.5 Å². The van der Waals surface area contributed by atoms with E-state index in [1.54, 1.807) is 6.07 Å². The Morgan fingerprint density at radius 2 is 1.71 bits per heavy atom. The summed E-state index contributed by atoms with van der Waals surface area (Å²) in [7, 11) is 0. The van der Waals surface area contributed by atoms with Gasteiger partial charge in [-0.3, -0.25) is 14.4 Å². The molecule has 1 amide bonds. The maximum atomic E-state index is 14.1. The van der Waals surface area contributed by atoms with Crippen LogP contribution in [-0.2, 0) is 27.8 Å². The molecule has 3 aromatic rings. The van der Waals surface area contributed by atoms with Crippen LogP contribution in [0.4, 0.5) is 5.69 Å². The summed E-state index contributed by atoms with van der Waals surface area (Å²) in [6.07, 6.45) is 12.2. The number of ether oxygens (including phenoxy) is 2. The van der Waals surface area contributed by atoms with Crippen molar-refractivity contribution in [2.75, 3.05) is 24.5 Å². The van der Waals surface area contributed by atoms with Crippen molar-refractivity contribution in [1.29, 1.82) is 0 Å². The Labute approximate surface area is 332 Å². The molecule has 4 heterocycles. The second-order valence-corrected chi connectivity index (χ2v) is 18.8. The minimum atomic E-state index is -0.879. The predicted molar refractivity (Wildman–Crippen MR) is 220 cm³/mol. The number of hydrogen-bond acceptors (Lipinski definition) is 8. The number of carbonyl (C=O) groups excluding carboxylic acids is 3. The van der Waals surface area contributed by atoms with Gasteiger partial charge in [-0.1, -0.05) is 46.5 Å². The SMILES string of the molecule is CCCCCCC(C)(C)c1cc(OC(=O)C(C)(C)CCCNC(=O)c2cc3cc4c5c(c3oc2=O)CCCN5CCC4)c2c(c1)OC(C)(C)[C@@H]1CCC(=O)C[C@@H]21. The lowest BCUT2D eigenvalue weighted by Crippen LogP contribution is -2.47. The number of nitrogens with one attached hydrogen (secondary N) is 1. The van der Waals surface area contributed by atoms with Gasteiger partial charge in [-0.2, -0.15) is 0 Å². The van der Waals surface area contributed by atoms with Crippen LogP contribution in [0.2, 0.25) is 0 Å². The van der Waals surface area contributed by atoms with E-state index in [0.717, 1.165) is 80.1 Å². The molecule has 0 unspecified atom stereocenters. The fourth-order valence-corrected chi connectivity index (χ4v) is 9.94. The Morgan fingerprint density at radius 1 is 0.946 bits per heavy atom. The summed E-state index contributed by atoms with van der Waals surface area (Å²) in [5.74, 6) is 0.640. The average Bonchev–Trinajstić information content (AvgIpc) is 3.14. The Hall–Kier alpha value is -4.14. The van der Waals surface area contributed by atoms with Gasteiger partial charge < -0.3 is 24.1 Å². The van der Waals surface area contributed by atoms with Crippen molar-refractivity contribution >= 4 is 34.3 Å². The lowest BCUT2D eigenvalue weighted by Gasteiger charge is -2.47. The minimum absolute atomic E-state index is 0.00497. The zero-order chi connectivity index (χ0) is 40.0. The molecule has 1 N–H and O–H groups in total. The van der Waals surface area contributed by atoms with Gasteiger partial charge in [-0.25, -0.2) is 4.79 Å². The van der Waals surface area contributed by atoms with Crippen LogP contribution in [0.1, 0.15) is 164 Å². The summed E-state index contributed by atoms with van der Waals surface area (Å²) in [6.45, 7) is 17.0. The average molecular weight is 767 g/mol. The van der Waals surface area contributed by atoms with Crippen LogP contribution in [0, 0.1) is 11.3 Å². The standard InChI is InChI=1S/C47H62N2O7/c1-8-9-10-11-19-45(2,3)31-26-37(39-34-28-32(50)17-18-36(34)47(6,7)56-38(39)27-31)54-44(53)46(4,5)20-14-21-48-42(51)35-25-30-24-29-15-12-22-49-23-13-16-33(40(29)49)41(30)55-43(35)52/h24-27,34,36H,8-23,28H2,1-7H3,(H,48,51)/t34-,36-/m1/s1. The molecular formula is C47H62N2O7. The number of esters is 1. The number of nitrogens with zero attached hydrogens (tertiary/aromatic N) is 1. The van der Waals surface area contributed by atoms with E-state index in [0.29, 0.717) is 42.8 Å². The van der Waals surface area contributed by atoms with Crippen LogP contribution >= 0.6 is 0 Å². The van der Waals surface area contributed by atoms with Gasteiger partial charge in [0, 0.05) is 66.5 Å². The molecule has 1 aromatic heterocycles. The van der Waals surface area contributed by atoms with E-state index < -0.39 is 22.5 Å². The Balaban J connectivity index is 1.06. The molecule has 0 bridgehead atoms. The molecule has 9 nitrogen and oxygen atoms in total. The first-order valence-electron chi connectivity index (χ1n) is 21.4. The third-order valence-electron chi connectivity index (χ3n) is 13.3. The molecule has 2 aromatic carbocycles. The lowest BCUT2D eigenvalue weighted by molar-refractivity contribution is -0.144. The normalized spacial score (nSPS) is 20.1. The van der Waals surface area contributed by atoms with Gasteiger partial charge in [-0.15, -0.1) is 0 Å². The van der Waals surface area contributed by atoms with Crippen molar-refractivity contribution < 1.29 is 28.3 Å². The number of amides is 1. The number of unbranched alkanes of at least 4 members (excludes halogenated alkanes) is 3. The van der Waals surface area contributed by atoms with Crippen LogP contribution in [0.15, 0.2) is 33.5 Å². The number of hydrogen-bond donors (Lipinski definition) is 1. The van der Waals surface area contributed by atoms with Gasteiger partial charge in [0.05, 0.1) is 5.41 Å². The smallest absolute Gasteiger partial charge is 0.349 e. The highest BCUT2D eigenvalue weighted by Gasteiger charge is 2.48. The number of rotatable bonds is 13. The van der Waals surface area contributed by atoms with E-state index in [1.807, 2.05) is 19.9 Å². The molecule has 3 aliphatic heterocycles. The van der Waals surface area contributed by atoms with E-state index in [-0.39, 0.29) is 41.1 Å². The van der Waals surface area contributed by atoms with Crippen LogP contribution in [-0.4, -0.2) is 42.9 Å². The van der Waals surface area contributed by atoms with Gasteiger partial charge in [-0.05, 0) is 120 Å². The number of ketones is 1. The van der Waals surface area contributed by atoms with Crippen molar-refractivity contribution in [3.05, 3.63) is 62.5 Å². The van der Waals surface area contributed by atoms with Gasteiger partial charge in [0.15, 0.2) is 0 Å². The molecule has 0 spiro atoms. The Bertz CT molecular complexity index is 2070. The highest BCUT2D eigenvalue weighted by atomic mass is 16.5. The number of benzene rings is 2. The molecule has 302 valence electrons. The molecule has 7 rings (SSSR count). The van der Waals surface area contributed by atoms with Crippen molar-refractivity contribution in [3.63, 3.8) is 0 Å². The molecule has 0 radical (unpaired) electrons. The first kappa shape index (κ1) is 40.1. The summed E-state index contributed by atoms with van der Waals surface area (Å²) in [6, 6.07) is 7.92. The highest BCUT2D eigenvalue weighted by molar-refractivity contribution is 5.98. The van der Waals surface area contributed by atoms with Crippen LogP contribution in [0.3, 0.4) is 0 Å². The molecule has 9 heteroatoms. The van der Waals surface area contributed by atoms with Crippen molar-refractivity contribution in [3.8, 4) is 11.5 Å². The maximum absolute atomic E-state index is 14.1. The quantitative estimate of drug-likeness (QED) is 0.0792. The first-order chi connectivity index (χ1) is 26.6. The monoisotopic (exact) mass is 766 g/mol. The summed E-state index contributed by atoms with van der Waals surface area (Å²) < 4.78 is 19.0. The number of aryl methyl sites for hydroxylation is 2. The fraction of sp³-hybridized carbons (Fsp3) is 0.617. The molecule has 0 saturated heterocycles. The Kier molecular flexibility index (Phi) is 11.2. The minimum Gasteiger partial charge on any atom is -0.487 e. The van der Waals surface area contributed by atoms with E-state index in [4.69, 9.17) is 13.9 Å². The van der Waals surface area contributed by atoms with Crippen LogP contribution in [0.25, 0.3) is 11.0 Å². The van der Waals surface area contributed by atoms with Crippen LogP contribution < -0.4 is 25.3 Å². The first-order valence-corrected chi connectivity index (χ1v) is 21.4. The number of Topliss-reactive ketones (excluding diaryl/α,β-unsaturated/α-hetero) is 1. The molecule has 4 aliphatic rings. The van der Waals surface area contributed by atoms with Gasteiger partial charge in [0.1, 0.15) is 34.0 Å². The van der Waals surface area contributed by atoms with Crippen molar-refractivity contribution in [2.24, 2.45) is 11.3 Å². The topological polar surface area (TPSA) is 115 Å². The summed E-state index contributed by atoms with van der Waals surface area (Å²) in [5, 5.41) is 3.69. The van der Waals surface area contributed by atoms with Gasteiger partial charge in [0.2, 0.25) is 0 Å². The number of anilines is 1. The second-order valence-electron chi connectivity index (χ2n) is 18.8. The zero-order valence-electron chi connectivity index (χ0n) is 34.8. The molecule has 2 atom stereocenters. The van der Waals surface area contributed by atoms with E-state index >= 15 is 0 Å². The number of carbonyl (C=O) groups is 3. The largest absolute Gasteiger partial charge is 0.487 e. The summed E-state index contributed by atoms with van der Waals surface area (Å²) in [4.78, 5) is 55.9. The van der Waals surface area contributed by atoms with Crippen molar-refractivity contribution in [1.82, 2.24) is 5.32 Å². The lowest BCUT2D eigenvalue weighted by atomic mass is 9.66. The van der Waals surface area contributed by atoms with Gasteiger partial charge in [0.25, 0.3) is 5.91 Å². The molecular weight excluding hydrogens is 705 g/mol. The molecule has 1 saturated carbocycles. The third-order valence-corrected chi connectivity index (χ3v) is 13.3. The second kappa shape index (κ2) is 15.7. The summed E-state index contributed by atoms with van der Waals surface area (Å²) >= 11 is 0. The number of fused-ring (bicyclic) bond motifs is 5. The van der Waals surface area contributed by atoms with E-state index in [1.165, 1.54) is 30.5 Å². The van der Waals surface area contributed by atoms with E-state index in [2.05, 4.69) is 57.0 Å². The molecule has 1 fully saturated rings. The highest BCUT2D eigenvalue weighted by Crippen LogP contribution is 2.55. The maximum Gasteiger partial charge on any atom is 0.349 e. The predicted octanol–water partition coefficient (Wildman–Crippen LogP) is 9.51. The van der Waals surface area contributed by atoms with Gasteiger partial charge >= 0.3 is 11.6 Å². The third kappa shape index (κ3) is 7.89. The molecule has 1 aliphatic carbocycles. The van der Waals surface area contributed by atoms with Crippen molar-refractivity contribution in [2.45, 2.75) is 155 Å². The Morgan fingerprint density at radius 3 is 2.48 bits per heavy atom. The van der Waals surface area contributed by atoms with E-state index in [9.17, 15) is 19.2 Å². The fourth-order valence-electron chi connectivity index (χ4n) is 9.94. The zero-order valence-corrected chi connectivity index (χ0v) is 34.8. The summed E-state index contributed by atoms with van der Waals surface area (Å²) in [5.41, 5.74) is 3.90.